The normalized spacial score (nSPS) is 13.7. The molecular weight excluding hydrogens is 260 g/mol. The predicted molar refractivity (Wildman–Crippen MR) is 64.0 cm³/mol. The lowest BCUT2D eigenvalue weighted by Gasteiger charge is -2.15. The van der Waals surface area contributed by atoms with E-state index in [1.54, 1.807) is 13.8 Å². The summed E-state index contributed by atoms with van der Waals surface area (Å²) >= 11 is 0. The van der Waals surface area contributed by atoms with Crippen molar-refractivity contribution in [2.45, 2.75) is 32.4 Å². The highest BCUT2D eigenvalue weighted by Gasteiger charge is 2.25. The summed E-state index contributed by atoms with van der Waals surface area (Å²) in [7, 11) is -3.84. The Morgan fingerprint density at radius 3 is 2.61 bits per heavy atom. The third kappa shape index (κ3) is 4.82. The van der Waals surface area contributed by atoms with E-state index in [4.69, 9.17) is 5.11 Å². The lowest BCUT2D eigenvalue weighted by Crippen LogP contribution is -2.49. The van der Waals surface area contributed by atoms with Gasteiger partial charge in [-0.25, -0.2) is 4.98 Å². The molecule has 0 unspecified atom stereocenters. The number of carboxylic acids is 1. The van der Waals surface area contributed by atoms with Crippen LogP contribution in [0.3, 0.4) is 0 Å². The van der Waals surface area contributed by atoms with Crippen molar-refractivity contribution in [3.05, 3.63) is 18.2 Å². The second-order valence-electron chi connectivity index (χ2n) is 4.07. The maximum atomic E-state index is 11.6. The van der Waals surface area contributed by atoms with Gasteiger partial charge in [-0.3, -0.25) is 4.79 Å². The highest BCUT2D eigenvalue weighted by atomic mass is 32.2. The summed E-state index contributed by atoms with van der Waals surface area (Å²) in [4.78, 5) is 17.5. The first kappa shape index (κ1) is 14.6. The Morgan fingerprint density at radius 1 is 1.50 bits per heavy atom. The van der Waals surface area contributed by atoms with Gasteiger partial charge in [0.05, 0.1) is 6.33 Å². The lowest BCUT2D eigenvalue weighted by molar-refractivity contribution is -0.138. The molecule has 9 heteroatoms. The van der Waals surface area contributed by atoms with E-state index in [0.29, 0.717) is 5.69 Å². The van der Waals surface area contributed by atoms with Crippen molar-refractivity contribution in [2.24, 2.45) is 0 Å². The fraction of sp³-hybridized carbons (Fsp3) is 0.556. The van der Waals surface area contributed by atoms with E-state index >= 15 is 0 Å². The second kappa shape index (κ2) is 5.94. The Hall–Kier alpha value is -1.45. The van der Waals surface area contributed by atoms with Crippen LogP contribution in [0.2, 0.25) is 0 Å². The smallest absolute Gasteiger partial charge is 0.322 e. The van der Waals surface area contributed by atoms with Crippen LogP contribution in [0.25, 0.3) is 0 Å². The Balaban J connectivity index is 2.72. The van der Waals surface area contributed by atoms with Gasteiger partial charge >= 0.3 is 5.97 Å². The number of carboxylic acid groups (broad SMARTS) is 1. The summed E-state index contributed by atoms with van der Waals surface area (Å²) in [6, 6.07) is -1.56. The van der Waals surface area contributed by atoms with E-state index < -0.39 is 22.2 Å². The molecule has 0 fully saturated rings. The molecule has 1 atom stereocenters. The van der Waals surface area contributed by atoms with Gasteiger partial charge in [-0.1, -0.05) is 0 Å². The summed E-state index contributed by atoms with van der Waals surface area (Å²) < 4.78 is 27.5. The van der Waals surface area contributed by atoms with E-state index in [-0.39, 0.29) is 12.5 Å². The molecule has 0 aromatic carbocycles. The largest absolute Gasteiger partial charge is 0.480 e. The van der Waals surface area contributed by atoms with Gasteiger partial charge in [0.15, 0.2) is 0 Å². The number of carbonyl (C=O) groups is 1. The van der Waals surface area contributed by atoms with Gasteiger partial charge in [0, 0.05) is 24.4 Å². The number of nitrogens with zero attached hydrogens (tertiary/aromatic N) is 1. The van der Waals surface area contributed by atoms with Gasteiger partial charge in [-0.2, -0.15) is 17.9 Å². The molecule has 4 N–H and O–H groups in total. The molecule has 1 heterocycles. The fourth-order valence-electron chi connectivity index (χ4n) is 1.33. The van der Waals surface area contributed by atoms with Crippen LogP contribution in [-0.4, -0.2) is 41.5 Å². The van der Waals surface area contributed by atoms with Gasteiger partial charge < -0.3 is 10.1 Å². The van der Waals surface area contributed by atoms with Crippen LogP contribution in [0.1, 0.15) is 19.5 Å². The van der Waals surface area contributed by atoms with Crippen molar-refractivity contribution >= 4 is 16.2 Å². The summed E-state index contributed by atoms with van der Waals surface area (Å²) in [5.74, 6) is -1.25. The molecule has 102 valence electrons. The van der Waals surface area contributed by atoms with Crippen molar-refractivity contribution in [1.29, 1.82) is 0 Å². The topological polar surface area (TPSA) is 124 Å². The molecule has 8 nitrogen and oxygen atoms in total. The Bertz CT molecular complexity index is 483. The van der Waals surface area contributed by atoms with Gasteiger partial charge in [0.25, 0.3) is 10.2 Å². The van der Waals surface area contributed by atoms with Crippen LogP contribution in [0.4, 0.5) is 0 Å². The number of hydrogen-bond acceptors (Lipinski definition) is 4. The molecule has 0 amide bonds. The van der Waals surface area contributed by atoms with Gasteiger partial charge in [-0.05, 0) is 13.8 Å². The van der Waals surface area contributed by atoms with Crippen LogP contribution < -0.4 is 9.44 Å². The highest BCUT2D eigenvalue weighted by molar-refractivity contribution is 7.87. The molecule has 0 aliphatic heterocycles. The van der Waals surface area contributed by atoms with E-state index in [1.807, 2.05) is 0 Å². The first-order valence-electron chi connectivity index (χ1n) is 5.30. The van der Waals surface area contributed by atoms with Crippen LogP contribution >= 0.6 is 0 Å². The van der Waals surface area contributed by atoms with Crippen LogP contribution in [0, 0.1) is 0 Å². The number of imidazole rings is 1. The van der Waals surface area contributed by atoms with E-state index in [1.165, 1.54) is 12.5 Å². The predicted octanol–water partition coefficient (Wildman–Crippen LogP) is -0.762. The first-order chi connectivity index (χ1) is 8.30. The highest BCUT2D eigenvalue weighted by Crippen LogP contribution is 2.00. The summed E-state index contributed by atoms with van der Waals surface area (Å²) in [6.07, 6.45) is 2.84. The van der Waals surface area contributed by atoms with Gasteiger partial charge in [-0.15, -0.1) is 0 Å². The summed E-state index contributed by atoms with van der Waals surface area (Å²) in [6.45, 7) is 3.29. The molecule has 1 rings (SSSR count). The number of aliphatic carboxylic acids is 1. The molecule has 1 aromatic rings. The van der Waals surface area contributed by atoms with Crippen molar-refractivity contribution in [1.82, 2.24) is 19.4 Å². The minimum Gasteiger partial charge on any atom is -0.480 e. The Labute approximate surface area is 105 Å². The van der Waals surface area contributed by atoms with Crippen LogP contribution in [0.5, 0.6) is 0 Å². The molecule has 0 spiro atoms. The third-order valence-corrected chi connectivity index (χ3v) is 3.34. The fourth-order valence-corrected chi connectivity index (χ4v) is 2.57. The van der Waals surface area contributed by atoms with Gasteiger partial charge in [0.2, 0.25) is 0 Å². The number of rotatable bonds is 7. The zero-order valence-corrected chi connectivity index (χ0v) is 10.9. The zero-order valence-electron chi connectivity index (χ0n) is 10.0. The van der Waals surface area contributed by atoms with Crippen molar-refractivity contribution in [2.75, 3.05) is 0 Å². The number of aromatic amines is 1. The second-order valence-corrected chi connectivity index (χ2v) is 5.54. The molecule has 0 aliphatic rings. The third-order valence-electron chi connectivity index (χ3n) is 1.97. The molecule has 0 bridgehead atoms. The first-order valence-corrected chi connectivity index (χ1v) is 6.78. The van der Waals surface area contributed by atoms with Gasteiger partial charge in [0.1, 0.15) is 6.04 Å². The zero-order chi connectivity index (χ0) is 13.8. The quantitative estimate of drug-likeness (QED) is 0.521. The number of H-pyrrole nitrogens is 1. The average molecular weight is 276 g/mol. The average Bonchev–Trinajstić information content (AvgIpc) is 2.66. The maximum absolute atomic E-state index is 11.6. The number of hydrogen-bond donors (Lipinski definition) is 4. The van der Waals surface area contributed by atoms with Crippen LogP contribution in [-0.2, 0) is 21.4 Å². The van der Waals surface area contributed by atoms with Crippen LogP contribution in [0.15, 0.2) is 12.5 Å². The minimum atomic E-state index is -3.84. The summed E-state index contributed by atoms with van der Waals surface area (Å²) in [5.41, 5.74) is 0.537. The van der Waals surface area contributed by atoms with Crippen molar-refractivity contribution in [3.8, 4) is 0 Å². The molecule has 0 saturated heterocycles. The van der Waals surface area contributed by atoms with E-state index in [9.17, 15) is 13.2 Å². The van der Waals surface area contributed by atoms with E-state index in [0.717, 1.165) is 0 Å². The summed E-state index contributed by atoms with van der Waals surface area (Å²) in [5, 5.41) is 8.98. The number of nitrogens with one attached hydrogen (secondary N) is 3. The van der Waals surface area contributed by atoms with Crippen molar-refractivity contribution in [3.63, 3.8) is 0 Å². The molecule has 18 heavy (non-hydrogen) atoms. The molecule has 0 aliphatic carbocycles. The standard InChI is InChI=1S/C9H16N4O4S/c1-6(2)12-18(16,17)13-8(9(14)15)3-7-4-10-5-11-7/h4-6,8,12-13H,3H2,1-2H3,(H,10,11)(H,14,15)/t8-/m1/s1. The molecule has 0 saturated carbocycles. The molecule has 0 radical (unpaired) electrons. The molecule has 1 aromatic heterocycles. The van der Waals surface area contributed by atoms with E-state index in [2.05, 4.69) is 19.4 Å². The number of aromatic nitrogens is 2. The SMILES string of the molecule is CC(C)NS(=O)(=O)N[C@H](Cc1cnc[nH]1)C(=O)O. The maximum Gasteiger partial charge on any atom is 0.322 e. The minimum absolute atomic E-state index is 0.00562. The Morgan fingerprint density at radius 2 is 2.17 bits per heavy atom. The molecular formula is C9H16N4O4S. The lowest BCUT2D eigenvalue weighted by atomic mass is 10.2. The monoisotopic (exact) mass is 276 g/mol. The van der Waals surface area contributed by atoms with Crippen molar-refractivity contribution < 1.29 is 18.3 Å². The Kier molecular flexibility index (Phi) is 4.82.